The molecule has 3 rings (SSSR count). The van der Waals surface area contributed by atoms with E-state index in [0.717, 1.165) is 11.0 Å². The number of hydrogen-bond donors (Lipinski definition) is 1. The zero-order valence-electron chi connectivity index (χ0n) is 6.99. The molecule has 1 N–H and O–H groups in total. The molecule has 62 valence electrons. The fraction of sp³-hybridized carbons (Fsp3) is 0. The standard InChI is InChI=1S/C11H8N2/c1-2-4-10-8(3-1)9-5-6-12-11(9)7-13-10/h1-7,12H. The van der Waals surface area contributed by atoms with Gasteiger partial charge in [-0.3, -0.25) is 4.98 Å². The van der Waals surface area contributed by atoms with Gasteiger partial charge in [0.15, 0.2) is 0 Å². The molecule has 0 aliphatic carbocycles. The summed E-state index contributed by atoms with van der Waals surface area (Å²) in [6.45, 7) is 0. The summed E-state index contributed by atoms with van der Waals surface area (Å²) in [5.74, 6) is 0. The summed E-state index contributed by atoms with van der Waals surface area (Å²) < 4.78 is 0. The zero-order chi connectivity index (χ0) is 8.67. The third kappa shape index (κ3) is 0.855. The first kappa shape index (κ1) is 6.66. The van der Waals surface area contributed by atoms with Crippen LogP contribution in [0.4, 0.5) is 0 Å². The van der Waals surface area contributed by atoms with Gasteiger partial charge in [-0.05, 0) is 12.1 Å². The molecule has 0 saturated carbocycles. The van der Waals surface area contributed by atoms with Gasteiger partial charge in [0.1, 0.15) is 0 Å². The van der Waals surface area contributed by atoms with Gasteiger partial charge in [-0.15, -0.1) is 0 Å². The van der Waals surface area contributed by atoms with Crippen molar-refractivity contribution >= 4 is 21.8 Å². The lowest BCUT2D eigenvalue weighted by Gasteiger charge is -1.96. The Bertz CT molecular complexity index is 566. The van der Waals surface area contributed by atoms with Crippen LogP contribution in [-0.4, -0.2) is 9.97 Å². The van der Waals surface area contributed by atoms with Crippen LogP contribution in [-0.2, 0) is 0 Å². The summed E-state index contributed by atoms with van der Waals surface area (Å²) in [6.07, 6.45) is 3.82. The molecule has 13 heavy (non-hydrogen) atoms. The molecule has 0 radical (unpaired) electrons. The molecule has 0 spiro atoms. The quantitative estimate of drug-likeness (QED) is 0.549. The van der Waals surface area contributed by atoms with Gasteiger partial charge in [-0.25, -0.2) is 0 Å². The summed E-state index contributed by atoms with van der Waals surface area (Å²) in [5, 5.41) is 2.45. The smallest absolute Gasteiger partial charge is 0.0709 e. The van der Waals surface area contributed by atoms with E-state index in [4.69, 9.17) is 0 Å². The van der Waals surface area contributed by atoms with Crippen LogP contribution in [0.15, 0.2) is 42.7 Å². The third-order valence-electron chi connectivity index (χ3n) is 2.31. The molecular weight excluding hydrogens is 160 g/mol. The molecule has 2 heterocycles. The fourth-order valence-electron chi connectivity index (χ4n) is 1.67. The molecule has 0 amide bonds. The zero-order valence-corrected chi connectivity index (χ0v) is 6.99. The number of nitrogens with one attached hydrogen (secondary N) is 1. The van der Waals surface area contributed by atoms with Crippen molar-refractivity contribution in [3.63, 3.8) is 0 Å². The van der Waals surface area contributed by atoms with Gasteiger partial charge < -0.3 is 4.98 Å². The summed E-state index contributed by atoms with van der Waals surface area (Å²) in [5.41, 5.74) is 2.15. The number of hydrogen-bond acceptors (Lipinski definition) is 1. The van der Waals surface area contributed by atoms with Crippen LogP contribution in [0.2, 0.25) is 0 Å². The number of rotatable bonds is 0. The van der Waals surface area contributed by atoms with Gasteiger partial charge in [-0.1, -0.05) is 18.2 Å². The predicted molar refractivity (Wildman–Crippen MR) is 53.6 cm³/mol. The van der Waals surface area contributed by atoms with E-state index in [1.807, 2.05) is 30.6 Å². The van der Waals surface area contributed by atoms with Crippen LogP contribution in [0.5, 0.6) is 0 Å². The molecule has 0 aliphatic rings. The number of nitrogens with zero attached hydrogens (tertiary/aromatic N) is 1. The molecule has 0 unspecified atom stereocenters. The van der Waals surface area contributed by atoms with E-state index in [9.17, 15) is 0 Å². The minimum atomic E-state index is 1.05. The lowest BCUT2D eigenvalue weighted by Crippen LogP contribution is -1.78. The lowest BCUT2D eigenvalue weighted by atomic mass is 10.1. The second-order valence-corrected chi connectivity index (χ2v) is 3.08. The molecule has 2 aromatic heterocycles. The van der Waals surface area contributed by atoms with Crippen molar-refractivity contribution in [1.29, 1.82) is 0 Å². The van der Waals surface area contributed by atoms with Gasteiger partial charge in [0.2, 0.25) is 0 Å². The number of para-hydroxylation sites is 1. The summed E-state index contributed by atoms with van der Waals surface area (Å²) in [7, 11) is 0. The molecule has 0 aliphatic heterocycles. The van der Waals surface area contributed by atoms with Crippen LogP contribution in [0.1, 0.15) is 0 Å². The van der Waals surface area contributed by atoms with E-state index in [1.54, 1.807) is 0 Å². The Balaban J connectivity index is 2.65. The Hall–Kier alpha value is -1.83. The predicted octanol–water partition coefficient (Wildman–Crippen LogP) is 2.72. The van der Waals surface area contributed by atoms with Gasteiger partial charge in [0.25, 0.3) is 0 Å². The number of aromatic nitrogens is 2. The van der Waals surface area contributed by atoms with Crippen molar-refractivity contribution in [2.24, 2.45) is 0 Å². The first-order valence-corrected chi connectivity index (χ1v) is 4.26. The molecule has 0 bridgehead atoms. The maximum Gasteiger partial charge on any atom is 0.0709 e. The van der Waals surface area contributed by atoms with Gasteiger partial charge in [0, 0.05) is 17.0 Å². The van der Waals surface area contributed by atoms with Crippen molar-refractivity contribution in [2.45, 2.75) is 0 Å². The van der Waals surface area contributed by atoms with E-state index in [2.05, 4.69) is 22.1 Å². The monoisotopic (exact) mass is 168 g/mol. The molecule has 2 heteroatoms. The molecule has 0 atom stereocenters. The second-order valence-electron chi connectivity index (χ2n) is 3.08. The van der Waals surface area contributed by atoms with E-state index in [1.165, 1.54) is 10.8 Å². The van der Waals surface area contributed by atoms with Crippen LogP contribution >= 0.6 is 0 Å². The first-order valence-electron chi connectivity index (χ1n) is 4.26. The average molecular weight is 168 g/mol. The molecular formula is C11H8N2. The number of H-pyrrole nitrogens is 1. The Morgan fingerprint density at radius 3 is 2.92 bits per heavy atom. The van der Waals surface area contributed by atoms with Crippen molar-refractivity contribution in [2.75, 3.05) is 0 Å². The lowest BCUT2D eigenvalue weighted by molar-refractivity contribution is 1.40. The first-order chi connectivity index (χ1) is 6.45. The summed E-state index contributed by atoms with van der Waals surface area (Å²) in [4.78, 5) is 7.50. The highest BCUT2D eigenvalue weighted by molar-refractivity contribution is 6.04. The van der Waals surface area contributed by atoms with E-state index in [0.29, 0.717) is 0 Å². The maximum atomic E-state index is 4.35. The van der Waals surface area contributed by atoms with E-state index in [-0.39, 0.29) is 0 Å². The van der Waals surface area contributed by atoms with Crippen LogP contribution in [0, 0.1) is 0 Å². The molecule has 3 aromatic rings. The Labute approximate surface area is 75.2 Å². The maximum absolute atomic E-state index is 4.35. The fourth-order valence-corrected chi connectivity index (χ4v) is 1.67. The molecule has 0 saturated heterocycles. The molecule has 0 fully saturated rings. The van der Waals surface area contributed by atoms with Gasteiger partial charge >= 0.3 is 0 Å². The van der Waals surface area contributed by atoms with Crippen molar-refractivity contribution in [3.05, 3.63) is 42.7 Å². The highest BCUT2D eigenvalue weighted by Crippen LogP contribution is 2.21. The Kier molecular flexibility index (Phi) is 1.19. The van der Waals surface area contributed by atoms with Crippen molar-refractivity contribution in [3.8, 4) is 0 Å². The van der Waals surface area contributed by atoms with Crippen molar-refractivity contribution < 1.29 is 0 Å². The number of benzene rings is 1. The highest BCUT2D eigenvalue weighted by atomic mass is 14.7. The van der Waals surface area contributed by atoms with Gasteiger partial charge in [0.05, 0.1) is 17.2 Å². The van der Waals surface area contributed by atoms with E-state index >= 15 is 0 Å². The number of pyridine rings is 1. The third-order valence-corrected chi connectivity index (χ3v) is 2.31. The van der Waals surface area contributed by atoms with Crippen LogP contribution in [0.25, 0.3) is 21.8 Å². The highest BCUT2D eigenvalue weighted by Gasteiger charge is 1.99. The molecule has 2 nitrogen and oxygen atoms in total. The summed E-state index contributed by atoms with van der Waals surface area (Å²) in [6, 6.07) is 10.3. The normalized spacial score (nSPS) is 11.1. The second kappa shape index (κ2) is 2.33. The largest absolute Gasteiger partial charge is 0.360 e. The van der Waals surface area contributed by atoms with Crippen LogP contribution < -0.4 is 0 Å². The number of aromatic amines is 1. The average Bonchev–Trinajstić information content (AvgIpc) is 2.65. The van der Waals surface area contributed by atoms with Crippen molar-refractivity contribution in [1.82, 2.24) is 9.97 Å². The van der Waals surface area contributed by atoms with Gasteiger partial charge in [-0.2, -0.15) is 0 Å². The Morgan fingerprint density at radius 1 is 1.00 bits per heavy atom. The summed E-state index contributed by atoms with van der Waals surface area (Å²) >= 11 is 0. The van der Waals surface area contributed by atoms with E-state index < -0.39 is 0 Å². The minimum Gasteiger partial charge on any atom is -0.360 e. The number of fused-ring (bicyclic) bond motifs is 3. The topological polar surface area (TPSA) is 28.7 Å². The molecule has 1 aromatic carbocycles. The van der Waals surface area contributed by atoms with Crippen LogP contribution in [0.3, 0.4) is 0 Å². The minimum absolute atomic E-state index is 1.05. The Morgan fingerprint density at radius 2 is 1.92 bits per heavy atom. The SMILES string of the molecule is c1ccc2c(c1)ncc1[nH]ccc12.